The predicted molar refractivity (Wildman–Crippen MR) is 140 cm³/mol. The van der Waals surface area contributed by atoms with Crippen molar-refractivity contribution in [2.24, 2.45) is 0 Å². The van der Waals surface area contributed by atoms with Crippen molar-refractivity contribution in [2.75, 3.05) is 31.1 Å². The van der Waals surface area contributed by atoms with Gasteiger partial charge >= 0.3 is 5.97 Å². The third kappa shape index (κ3) is 4.07. The van der Waals surface area contributed by atoms with Gasteiger partial charge in [0.2, 0.25) is 5.36 Å². The smallest absolute Gasteiger partial charge is 0.336 e. The quantitative estimate of drug-likeness (QED) is 0.279. The minimum Gasteiger partial charge on any atom is -0.478 e. The van der Waals surface area contributed by atoms with Crippen LogP contribution < -0.4 is 14.8 Å². The Kier molecular flexibility index (Phi) is 6.73. The van der Waals surface area contributed by atoms with Crippen molar-refractivity contribution >= 4 is 22.6 Å². The number of aromatic carboxylic acids is 1. The molecule has 0 saturated carbocycles. The van der Waals surface area contributed by atoms with E-state index in [2.05, 4.69) is 74.4 Å². The van der Waals surface area contributed by atoms with Crippen molar-refractivity contribution in [3.63, 3.8) is 0 Å². The second-order valence-corrected chi connectivity index (χ2v) is 8.49. The van der Waals surface area contributed by atoms with Gasteiger partial charge in [0.1, 0.15) is 24.4 Å². The Morgan fingerprint density at radius 1 is 0.941 bits per heavy atom. The van der Waals surface area contributed by atoms with Crippen LogP contribution in [0.25, 0.3) is 33.4 Å². The lowest BCUT2D eigenvalue weighted by atomic mass is 9.90. The average Bonchev–Trinajstić information content (AvgIpc) is 2.84. The van der Waals surface area contributed by atoms with Crippen LogP contribution in [0.1, 0.15) is 43.6 Å². The maximum atomic E-state index is 12.1. The lowest BCUT2D eigenvalue weighted by molar-refractivity contribution is 0.0697. The maximum Gasteiger partial charge on any atom is 0.336 e. The van der Waals surface area contributed by atoms with E-state index in [9.17, 15) is 9.90 Å². The summed E-state index contributed by atoms with van der Waals surface area (Å²) in [4.78, 5) is 14.4. The van der Waals surface area contributed by atoms with Crippen molar-refractivity contribution in [3.8, 4) is 22.5 Å². The van der Waals surface area contributed by atoms with Crippen LogP contribution in [0.4, 0.5) is 5.69 Å². The summed E-state index contributed by atoms with van der Waals surface area (Å²) in [6, 6.07) is 17.7. The number of anilines is 1. The highest BCUT2D eigenvalue weighted by atomic mass is 16.4. The van der Waals surface area contributed by atoms with Crippen LogP contribution in [-0.2, 0) is 0 Å². The highest BCUT2D eigenvalue weighted by Gasteiger charge is 2.23. The normalized spacial score (nSPS) is 11.2. The summed E-state index contributed by atoms with van der Waals surface area (Å²) in [5.41, 5.74) is 5.79. The van der Waals surface area contributed by atoms with Crippen molar-refractivity contribution in [3.05, 3.63) is 71.1 Å². The predicted octanol–water partition coefficient (Wildman–Crippen LogP) is 5.87. The Morgan fingerprint density at radius 2 is 1.65 bits per heavy atom. The Bertz CT molecular complexity index is 1390. The number of hydrogen-bond donors (Lipinski definition) is 1. The van der Waals surface area contributed by atoms with Gasteiger partial charge in [-0.3, -0.25) is 0 Å². The number of benzene rings is 3. The molecule has 0 saturated heterocycles. The Hall–Kier alpha value is -3.60. The summed E-state index contributed by atoms with van der Waals surface area (Å²) < 4.78 is 8.83. The molecule has 0 radical (unpaired) electrons. The largest absolute Gasteiger partial charge is 0.478 e. The Morgan fingerprint density at radius 3 is 2.29 bits per heavy atom. The number of fused-ring (bicyclic) bond motifs is 2. The molecule has 0 bridgehead atoms. The second kappa shape index (κ2) is 9.72. The fraction of sp³-hybridized carbons (Fsp3) is 0.310. The van der Waals surface area contributed by atoms with Crippen molar-refractivity contribution in [1.29, 1.82) is 0 Å². The van der Waals surface area contributed by atoms with Crippen molar-refractivity contribution in [2.45, 2.75) is 34.6 Å². The number of aryl methyl sites for hydroxylation is 1. The first-order chi connectivity index (χ1) is 16.4. The van der Waals surface area contributed by atoms with E-state index in [0.29, 0.717) is 5.56 Å². The summed E-state index contributed by atoms with van der Waals surface area (Å²) in [5.74, 6) is -0.180. The van der Waals surface area contributed by atoms with Crippen LogP contribution in [0.2, 0.25) is 0 Å². The molecule has 34 heavy (non-hydrogen) atoms. The third-order valence-corrected chi connectivity index (χ3v) is 6.68. The lowest BCUT2D eigenvalue weighted by Crippen LogP contribution is -2.31. The van der Waals surface area contributed by atoms with Gasteiger partial charge in [-0.15, -0.1) is 0 Å². The van der Waals surface area contributed by atoms with E-state index in [1.54, 1.807) is 12.1 Å². The van der Waals surface area contributed by atoms with E-state index in [1.165, 1.54) is 0 Å². The molecule has 0 spiro atoms. The molecular weight excluding hydrogens is 424 g/mol. The minimum atomic E-state index is -0.936. The monoisotopic (exact) mass is 457 g/mol. The van der Waals surface area contributed by atoms with Crippen LogP contribution >= 0.6 is 0 Å². The average molecular weight is 458 g/mol. The van der Waals surface area contributed by atoms with Crippen LogP contribution in [0, 0.1) is 6.92 Å². The van der Waals surface area contributed by atoms with Crippen LogP contribution in [0.3, 0.4) is 0 Å². The molecule has 2 aromatic rings. The molecule has 1 N–H and O–H groups in total. The topological polar surface area (TPSA) is 56.7 Å². The van der Waals surface area contributed by atoms with Gasteiger partial charge in [-0.2, -0.15) is 0 Å². The molecule has 1 heterocycles. The van der Waals surface area contributed by atoms with Gasteiger partial charge in [-0.05, 0) is 64.4 Å². The van der Waals surface area contributed by atoms with Gasteiger partial charge in [0.15, 0.2) is 0 Å². The van der Waals surface area contributed by atoms with Gasteiger partial charge in [0.25, 0.3) is 0 Å². The summed E-state index contributed by atoms with van der Waals surface area (Å²) in [5, 5.41) is 12.0. The molecule has 0 fully saturated rings. The summed E-state index contributed by atoms with van der Waals surface area (Å²) in [7, 11) is 0. The molecule has 2 aliphatic rings. The van der Waals surface area contributed by atoms with E-state index in [0.717, 1.165) is 70.6 Å². The molecule has 0 atom stereocenters. The SMILES string of the molecule is CCN(CC)c1ccc2c(-c3ccccc3C(=O)O)c3cc(C)c(=[N+](CC)CC)cc-3oc2c1. The number of carboxylic acids is 1. The molecule has 5 nitrogen and oxygen atoms in total. The van der Waals surface area contributed by atoms with Gasteiger partial charge < -0.3 is 14.4 Å². The fourth-order valence-electron chi connectivity index (χ4n) is 4.89. The number of hydrogen-bond acceptors (Lipinski definition) is 3. The van der Waals surface area contributed by atoms with Gasteiger partial charge in [-0.1, -0.05) is 18.2 Å². The zero-order valence-electron chi connectivity index (χ0n) is 20.7. The highest BCUT2D eigenvalue weighted by Crippen LogP contribution is 2.42. The minimum absolute atomic E-state index is 0.287. The lowest BCUT2D eigenvalue weighted by Gasteiger charge is -2.22. The number of carboxylic acid groups (broad SMARTS) is 1. The Labute approximate surface area is 200 Å². The molecular formula is C29H33N2O3+. The van der Waals surface area contributed by atoms with Crippen LogP contribution in [-0.4, -0.2) is 37.3 Å². The molecule has 0 unspecified atom stereocenters. The van der Waals surface area contributed by atoms with E-state index in [4.69, 9.17) is 4.42 Å². The molecule has 0 aromatic heterocycles. The molecule has 0 amide bonds. The summed E-state index contributed by atoms with van der Waals surface area (Å²) in [6.45, 7) is 14.3. The summed E-state index contributed by atoms with van der Waals surface area (Å²) in [6.07, 6.45) is 0. The van der Waals surface area contributed by atoms with Gasteiger partial charge in [-0.25, -0.2) is 9.37 Å². The zero-order chi connectivity index (χ0) is 24.4. The summed E-state index contributed by atoms with van der Waals surface area (Å²) >= 11 is 0. The van der Waals surface area contributed by atoms with Crippen LogP contribution in [0.5, 0.6) is 0 Å². The molecule has 1 aliphatic carbocycles. The molecule has 2 aromatic carbocycles. The third-order valence-electron chi connectivity index (χ3n) is 6.68. The van der Waals surface area contributed by atoms with Crippen molar-refractivity contribution < 1.29 is 14.3 Å². The second-order valence-electron chi connectivity index (χ2n) is 8.49. The number of nitrogens with zero attached hydrogens (tertiary/aromatic N) is 2. The number of rotatable bonds is 7. The maximum absolute atomic E-state index is 12.1. The first-order valence-electron chi connectivity index (χ1n) is 12.1. The number of carbonyl (C=O) groups is 1. The highest BCUT2D eigenvalue weighted by molar-refractivity contribution is 6.07. The zero-order valence-corrected chi connectivity index (χ0v) is 20.7. The molecule has 4 rings (SSSR count). The van der Waals surface area contributed by atoms with E-state index < -0.39 is 5.97 Å². The molecule has 1 aliphatic heterocycles. The molecule has 5 heteroatoms. The first-order valence-corrected chi connectivity index (χ1v) is 12.1. The van der Waals surface area contributed by atoms with Crippen molar-refractivity contribution in [1.82, 2.24) is 4.58 Å². The van der Waals surface area contributed by atoms with E-state index in [-0.39, 0.29) is 5.56 Å². The first kappa shape index (κ1) is 23.6. The van der Waals surface area contributed by atoms with Crippen LogP contribution in [0.15, 0.2) is 59.0 Å². The molecule has 176 valence electrons. The van der Waals surface area contributed by atoms with Gasteiger partial charge in [0, 0.05) is 46.9 Å². The Balaban J connectivity index is 2.18. The fourth-order valence-corrected chi connectivity index (χ4v) is 4.89. The van der Waals surface area contributed by atoms with E-state index >= 15 is 0 Å². The van der Waals surface area contributed by atoms with E-state index in [1.807, 2.05) is 12.1 Å². The standard InChI is InChI=1S/C29H32N2O3/c1-6-30(7-2)20-14-15-23-26(17-20)34-27-18-25(31(8-3)9-4)19(5)16-24(27)28(23)21-12-10-11-13-22(21)29(32)33/h10-18H,6-9H2,1-5H3/p+1. The van der Waals surface area contributed by atoms with Gasteiger partial charge in [0.05, 0.1) is 11.6 Å².